The number of rotatable bonds is 8. The van der Waals surface area contributed by atoms with E-state index in [0.29, 0.717) is 22.3 Å². The van der Waals surface area contributed by atoms with Crippen LogP contribution >= 0.6 is 0 Å². The molecule has 0 aliphatic carbocycles. The molecule has 0 fully saturated rings. The molecular formula is C25H24N4O3. The van der Waals surface area contributed by atoms with Crippen LogP contribution in [0.1, 0.15) is 23.2 Å². The summed E-state index contributed by atoms with van der Waals surface area (Å²) in [7, 11) is 0. The van der Waals surface area contributed by atoms with Gasteiger partial charge in [-0.05, 0) is 54.3 Å². The number of unbranched alkanes of at least 4 members (excludes halogenated alkanes) is 1. The van der Waals surface area contributed by atoms with E-state index in [9.17, 15) is 4.79 Å². The molecular weight excluding hydrogens is 404 g/mol. The maximum Gasteiger partial charge on any atom is 0.275 e. The summed E-state index contributed by atoms with van der Waals surface area (Å²) in [6, 6.07) is 21.3. The molecule has 0 spiro atoms. The number of aliphatic hydroxyl groups excluding tert-OH is 1. The third-order valence-electron chi connectivity index (χ3n) is 5.24. The Bertz CT molecular complexity index is 1210. The van der Waals surface area contributed by atoms with E-state index >= 15 is 0 Å². The molecule has 0 saturated heterocycles. The second-order valence-corrected chi connectivity index (χ2v) is 7.38. The van der Waals surface area contributed by atoms with Crippen molar-refractivity contribution in [2.45, 2.75) is 12.8 Å². The van der Waals surface area contributed by atoms with Crippen molar-refractivity contribution >= 4 is 22.6 Å². The summed E-state index contributed by atoms with van der Waals surface area (Å²) in [5, 5.41) is 21.9. The number of amides is 1. The summed E-state index contributed by atoms with van der Waals surface area (Å²) >= 11 is 0. The first kappa shape index (κ1) is 21.4. The Kier molecular flexibility index (Phi) is 6.69. The van der Waals surface area contributed by atoms with E-state index in [4.69, 9.17) is 10.3 Å². The number of fused-ring (bicyclic) bond motifs is 1. The number of carbonyl (C=O) groups is 1. The van der Waals surface area contributed by atoms with Crippen LogP contribution in [-0.4, -0.2) is 39.3 Å². The Morgan fingerprint density at radius 3 is 2.28 bits per heavy atom. The van der Waals surface area contributed by atoms with Crippen LogP contribution in [0.2, 0.25) is 0 Å². The largest absolute Gasteiger partial charge is 0.396 e. The van der Waals surface area contributed by atoms with Crippen LogP contribution in [0.3, 0.4) is 0 Å². The number of nitrogens with zero attached hydrogens (tertiary/aromatic N) is 2. The van der Waals surface area contributed by atoms with Crippen LogP contribution < -0.4 is 10.8 Å². The SMILES string of the molecule is O=C(NO)c1cc(-c2ccc(-c3ccc(NCCCCO)cc3)cc2)nc2ncccc12. The fraction of sp³-hybridized carbons (Fsp3) is 0.160. The molecule has 162 valence electrons. The summed E-state index contributed by atoms with van der Waals surface area (Å²) < 4.78 is 0. The summed E-state index contributed by atoms with van der Waals surface area (Å²) in [4.78, 5) is 21.0. The summed E-state index contributed by atoms with van der Waals surface area (Å²) in [6.45, 7) is 1.05. The minimum Gasteiger partial charge on any atom is -0.396 e. The van der Waals surface area contributed by atoms with Gasteiger partial charge in [0.2, 0.25) is 0 Å². The molecule has 4 N–H and O–H groups in total. The summed E-state index contributed by atoms with van der Waals surface area (Å²) in [5.74, 6) is -0.603. The molecule has 4 aromatic rings. The van der Waals surface area contributed by atoms with Crippen molar-refractivity contribution in [1.82, 2.24) is 15.4 Å². The highest BCUT2D eigenvalue weighted by Gasteiger charge is 2.14. The Morgan fingerprint density at radius 2 is 1.59 bits per heavy atom. The highest BCUT2D eigenvalue weighted by atomic mass is 16.5. The lowest BCUT2D eigenvalue weighted by Gasteiger charge is -2.10. The van der Waals surface area contributed by atoms with Crippen LogP contribution in [0.4, 0.5) is 5.69 Å². The highest BCUT2D eigenvalue weighted by molar-refractivity contribution is 6.06. The quantitative estimate of drug-likeness (QED) is 0.190. The molecule has 0 bridgehead atoms. The van der Waals surface area contributed by atoms with Crippen LogP contribution in [0, 0.1) is 0 Å². The average Bonchev–Trinajstić information content (AvgIpc) is 2.86. The second-order valence-electron chi connectivity index (χ2n) is 7.38. The van der Waals surface area contributed by atoms with Crippen molar-refractivity contribution in [2.75, 3.05) is 18.5 Å². The smallest absolute Gasteiger partial charge is 0.275 e. The van der Waals surface area contributed by atoms with E-state index in [2.05, 4.69) is 27.4 Å². The standard InChI is InChI=1S/C25H24N4O3/c30-15-2-1-13-26-20-11-9-18(10-12-20)17-5-7-19(8-6-17)23-16-22(25(31)29-32)21-4-3-14-27-24(21)28-23/h3-12,14,16,26,30,32H,1-2,13,15H2,(H,29,31). The third-order valence-corrected chi connectivity index (χ3v) is 5.24. The number of aliphatic hydroxyl groups is 1. The van der Waals surface area contributed by atoms with Crippen molar-refractivity contribution in [3.8, 4) is 22.4 Å². The van der Waals surface area contributed by atoms with Gasteiger partial charge in [0, 0.05) is 36.0 Å². The molecule has 7 nitrogen and oxygen atoms in total. The lowest BCUT2D eigenvalue weighted by molar-refractivity contribution is 0.0708. The fourth-order valence-corrected chi connectivity index (χ4v) is 3.54. The van der Waals surface area contributed by atoms with E-state index in [-0.39, 0.29) is 6.61 Å². The number of carbonyl (C=O) groups excluding carboxylic acids is 1. The van der Waals surface area contributed by atoms with Crippen molar-refractivity contribution in [3.63, 3.8) is 0 Å². The monoisotopic (exact) mass is 428 g/mol. The van der Waals surface area contributed by atoms with Crippen molar-refractivity contribution in [2.24, 2.45) is 0 Å². The van der Waals surface area contributed by atoms with Gasteiger partial charge in [0.25, 0.3) is 5.91 Å². The Balaban J connectivity index is 1.56. The minimum absolute atomic E-state index is 0.220. The van der Waals surface area contributed by atoms with Crippen molar-refractivity contribution in [1.29, 1.82) is 0 Å². The van der Waals surface area contributed by atoms with Gasteiger partial charge in [-0.15, -0.1) is 0 Å². The van der Waals surface area contributed by atoms with Crippen LogP contribution in [0.25, 0.3) is 33.4 Å². The number of pyridine rings is 2. The van der Waals surface area contributed by atoms with E-state index in [1.165, 1.54) is 0 Å². The molecule has 2 heterocycles. The van der Waals surface area contributed by atoms with E-state index in [0.717, 1.165) is 41.8 Å². The fourth-order valence-electron chi connectivity index (χ4n) is 3.54. The van der Waals surface area contributed by atoms with E-state index in [1.54, 1.807) is 29.9 Å². The van der Waals surface area contributed by atoms with E-state index < -0.39 is 5.91 Å². The normalized spacial score (nSPS) is 10.8. The summed E-state index contributed by atoms with van der Waals surface area (Å²) in [5.41, 5.74) is 7.09. The first-order valence-electron chi connectivity index (χ1n) is 10.5. The third kappa shape index (κ3) is 4.74. The number of anilines is 1. The molecule has 0 aliphatic heterocycles. The number of hydroxylamine groups is 1. The zero-order valence-corrected chi connectivity index (χ0v) is 17.5. The number of hydrogen-bond acceptors (Lipinski definition) is 6. The Morgan fingerprint density at radius 1 is 0.906 bits per heavy atom. The van der Waals surface area contributed by atoms with Gasteiger partial charge in [0.05, 0.1) is 11.3 Å². The zero-order chi connectivity index (χ0) is 22.3. The number of nitrogens with one attached hydrogen (secondary N) is 2. The predicted molar refractivity (Wildman–Crippen MR) is 124 cm³/mol. The van der Waals surface area contributed by atoms with Gasteiger partial charge >= 0.3 is 0 Å². The molecule has 0 saturated carbocycles. The molecule has 7 heteroatoms. The molecule has 0 radical (unpaired) electrons. The van der Waals surface area contributed by atoms with Crippen molar-refractivity contribution in [3.05, 3.63) is 78.5 Å². The molecule has 32 heavy (non-hydrogen) atoms. The maximum atomic E-state index is 12.1. The van der Waals surface area contributed by atoms with Crippen LogP contribution in [0.5, 0.6) is 0 Å². The lowest BCUT2D eigenvalue weighted by atomic mass is 10.0. The maximum absolute atomic E-state index is 12.1. The van der Waals surface area contributed by atoms with Gasteiger partial charge < -0.3 is 10.4 Å². The topological polar surface area (TPSA) is 107 Å². The predicted octanol–water partition coefficient (Wildman–Crippen LogP) is 4.27. The van der Waals surface area contributed by atoms with Crippen LogP contribution in [-0.2, 0) is 0 Å². The van der Waals surface area contributed by atoms with Gasteiger partial charge in [-0.2, -0.15) is 0 Å². The molecule has 0 atom stereocenters. The molecule has 2 aromatic carbocycles. The second kappa shape index (κ2) is 10.00. The number of aromatic nitrogens is 2. The van der Waals surface area contributed by atoms with Crippen molar-refractivity contribution < 1.29 is 15.1 Å². The van der Waals surface area contributed by atoms with Gasteiger partial charge in [-0.1, -0.05) is 36.4 Å². The molecule has 1 amide bonds. The molecule has 0 aliphatic rings. The summed E-state index contributed by atoms with van der Waals surface area (Å²) in [6.07, 6.45) is 3.35. The Hall–Kier alpha value is -3.81. The van der Waals surface area contributed by atoms with Gasteiger partial charge in [-0.25, -0.2) is 15.4 Å². The molecule has 4 rings (SSSR count). The Labute approximate surface area is 185 Å². The first-order chi connectivity index (χ1) is 15.7. The molecule has 0 unspecified atom stereocenters. The average molecular weight is 428 g/mol. The lowest BCUT2D eigenvalue weighted by Crippen LogP contribution is -2.19. The number of benzene rings is 2. The first-order valence-corrected chi connectivity index (χ1v) is 10.5. The minimum atomic E-state index is -0.603. The number of hydrogen-bond donors (Lipinski definition) is 4. The van der Waals surface area contributed by atoms with Gasteiger partial charge in [0.1, 0.15) is 0 Å². The zero-order valence-electron chi connectivity index (χ0n) is 17.5. The highest BCUT2D eigenvalue weighted by Crippen LogP contribution is 2.27. The van der Waals surface area contributed by atoms with Crippen LogP contribution in [0.15, 0.2) is 72.9 Å². The molecule has 2 aromatic heterocycles. The van der Waals surface area contributed by atoms with Gasteiger partial charge in [-0.3, -0.25) is 10.0 Å². The van der Waals surface area contributed by atoms with E-state index in [1.807, 2.05) is 36.4 Å². The van der Waals surface area contributed by atoms with Gasteiger partial charge in [0.15, 0.2) is 5.65 Å².